The molecular formula is C17H20N2O4. The van der Waals surface area contributed by atoms with Crippen molar-refractivity contribution in [3.63, 3.8) is 0 Å². The number of hydrogen-bond acceptors (Lipinski definition) is 5. The van der Waals surface area contributed by atoms with Crippen molar-refractivity contribution in [1.29, 1.82) is 1.43 Å². The summed E-state index contributed by atoms with van der Waals surface area (Å²) in [6.07, 6.45) is -20.5. The lowest BCUT2D eigenvalue weighted by Crippen LogP contribution is -2.50. The van der Waals surface area contributed by atoms with Crippen LogP contribution in [-0.2, 0) is 9.59 Å². The number of methoxy groups -OCH3 is 1. The van der Waals surface area contributed by atoms with Gasteiger partial charge in [-0.3, -0.25) is 14.6 Å². The second-order valence-corrected chi connectivity index (χ2v) is 4.28. The summed E-state index contributed by atoms with van der Waals surface area (Å²) >= 11 is 0. The van der Waals surface area contributed by atoms with Crippen LogP contribution in [0.2, 0.25) is 0 Å². The highest BCUT2D eigenvalue weighted by molar-refractivity contribution is 6.47. The van der Waals surface area contributed by atoms with Crippen molar-refractivity contribution in [2.24, 2.45) is 4.99 Å². The topological polar surface area (TPSA) is 79.2 Å². The Morgan fingerprint density at radius 1 is 1.52 bits per heavy atom. The molecule has 0 bridgehead atoms. The van der Waals surface area contributed by atoms with Gasteiger partial charge in [0.2, 0.25) is 0 Å². The van der Waals surface area contributed by atoms with E-state index < -0.39 is 96.0 Å². The average Bonchev–Trinajstić information content (AvgIpc) is 3.15. The van der Waals surface area contributed by atoms with Crippen LogP contribution < -0.4 is 4.74 Å². The number of carboxylic acids is 1. The van der Waals surface area contributed by atoms with Gasteiger partial charge in [0, 0.05) is 19.3 Å². The van der Waals surface area contributed by atoms with Gasteiger partial charge in [-0.15, -0.1) is 0 Å². The summed E-state index contributed by atoms with van der Waals surface area (Å²) in [5, 5.41) is 3.60. The fraction of sp³-hybridized carbons (Fsp3) is 0.471. The van der Waals surface area contributed by atoms with E-state index in [0.29, 0.717) is 6.07 Å². The normalized spacial score (nSPS) is 41.3. The molecule has 1 heterocycles. The summed E-state index contributed by atoms with van der Waals surface area (Å²) in [4.78, 5) is 29.0. The van der Waals surface area contributed by atoms with Crippen molar-refractivity contribution < 1.29 is 40.0 Å². The Balaban J connectivity index is 2.60. The highest BCUT2D eigenvalue weighted by Gasteiger charge is 2.48. The Morgan fingerprint density at radius 3 is 3.00 bits per heavy atom. The van der Waals surface area contributed by atoms with E-state index in [1.807, 2.05) is 0 Å². The third kappa shape index (κ3) is 2.81. The van der Waals surface area contributed by atoms with Crippen LogP contribution in [0.25, 0.3) is 1.43 Å². The largest absolute Gasteiger partial charge is 0.497 e. The smallest absolute Gasteiger partial charge is 0.323 e. The zero-order valence-electron chi connectivity index (χ0n) is 27.6. The molecule has 1 spiro atoms. The molecule has 1 aromatic carbocycles. The molecule has 1 amide bonds. The zero-order chi connectivity index (χ0) is 30.5. The summed E-state index contributed by atoms with van der Waals surface area (Å²) in [7, 11) is 1.06. The van der Waals surface area contributed by atoms with Gasteiger partial charge >= 0.3 is 5.97 Å². The van der Waals surface area contributed by atoms with Crippen molar-refractivity contribution in [1.82, 2.24) is 4.90 Å². The van der Waals surface area contributed by atoms with E-state index in [0.717, 1.165) is 7.11 Å². The van der Waals surface area contributed by atoms with Crippen molar-refractivity contribution in [2.45, 2.75) is 37.5 Å². The number of aliphatic imine (C=N–C) groups is 1. The molecule has 1 aliphatic carbocycles. The van der Waals surface area contributed by atoms with E-state index >= 15 is 0 Å². The molecule has 0 radical (unpaired) electrons. The number of hydrogen-bond donors (Lipinski definition) is 1. The van der Waals surface area contributed by atoms with E-state index in [1.54, 1.807) is 0 Å². The van der Waals surface area contributed by atoms with Crippen LogP contribution in [0, 0.1) is 0 Å². The van der Waals surface area contributed by atoms with Crippen LogP contribution in [0.15, 0.2) is 29.2 Å². The lowest BCUT2D eigenvalue weighted by molar-refractivity contribution is -0.145. The van der Waals surface area contributed by atoms with E-state index in [1.165, 1.54) is 0 Å². The van der Waals surface area contributed by atoms with Crippen LogP contribution in [0.3, 0.4) is 0 Å². The Hall–Kier alpha value is -2.37. The van der Waals surface area contributed by atoms with Gasteiger partial charge in [0.05, 0.1) is 14.0 Å². The third-order valence-corrected chi connectivity index (χ3v) is 2.92. The van der Waals surface area contributed by atoms with Crippen LogP contribution in [0.4, 0.5) is 0 Å². The Labute approximate surface area is 157 Å². The predicted octanol–water partition coefficient (Wildman–Crippen LogP) is 2.07. The lowest BCUT2D eigenvalue weighted by Gasteiger charge is -2.38. The van der Waals surface area contributed by atoms with E-state index in [9.17, 15) is 9.59 Å². The van der Waals surface area contributed by atoms with Crippen molar-refractivity contribution >= 4 is 17.6 Å². The molecule has 1 aromatic rings. The first-order chi connectivity index (χ1) is 17.4. The molecule has 23 heavy (non-hydrogen) atoms. The number of ether oxygens (including phenoxy) is 1. The van der Waals surface area contributed by atoms with Crippen LogP contribution in [0.1, 0.15) is 58.0 Å². The average molecular weight is 332 g/mol. The molecular weight excluding hydrogens is 296 g/mol. The monoisotopic (exact) mass is 332 g/mol. The van der Waals surface area contributed by atoms with Gasteiger partial charge < -0.3 is 14.7 Å². The van der Waals surface area contributed by atoms with Crippen LogP contribution >= 0.6 is 0 Å². The third-order valence-electron chi connectivity index (χ3n) is 2.92. The standard InChI is InChI=1S/C17H20N2O4/c1-23-13-7-5-12(6-8-13)15-16(22)19(11-14(20)21)17(18-15)9-3-2-4-10-17/h5-8H,2-4,9-11H2,1H3,(H,20,21)/i2D2,3D2,4D2,5D,7D,8D,9D2,10D2,11D2/hD. The number of carboxylic acid groups (broad SMARTS) is 1. The number of benzene rings is 1. The fourth-order valence-corrected chi connectivity index (χ4v) is 1.95. The maximum Gasteiger partial charge on any atom is 0.323 e. The lowest BCUT2D eigenvalue weighted by atomic mass is 9.88. The van der Waals surface area contributed by atoms with Crippen LogP contribution in [-0.4, -0.2) is 46.9 Å². The summed E-state index contributed by atoms with van der Waals surface area (Å²) in [5.41, 5.74) is -6.14. The highest BCUT2D eigenvalue weighted by Crippen LogP contribution is 2.39. The van der Waals surface area contributed by atoms with E-state index in [2.05, 4.69) is 10.1 Å². The Bertz CT molecular complexity index is 1260. The zero-order valence-corrected chi connectivity index (χ0v) is 11.6. The summed E-state index contributed by atoms with van der Waals surface area (Å²) in [6.45, 7) is -4.05. The first kappa shape index (κ1) is 5.33. The molecule has 1 fully saturated rings. The van der Waals surface area contributed by atoms with Gasteiger partial charge in [0.15, 0.2) is 0 Å². The number of carbonyl (C=O) groups is 2. The SMILES string of the molecule is [2H]OC(=O)C([2H])([2H])N1C(=O)C(c2cc([2H])c(OC)c([2H])c2[2H])=NC12C([2H])([2H])C([2H])([2H])C([2H])([2H])C([2H])([2H])C2([2H])[2H]. The van der Waals surface area contributed by atoms with Crippen LogP contribution in [0.5, 0.6) is 5.75 Å². The van der Waals surface area contributed by atoms with Crippen molar-refractivity contribution in [3.8, 4) is 5.75 Å². The van der Waals surface area contributed by atoms with Gasteiger partial charge in [-0.25, -0.2) is 0 Å². The Morgan fingerprint density at radius 2 is 2.30 bits per heavy atom. The van der Waals surface area contributed by atoms with Gasteiger partial charge in [-0.05, 0) is 49.7 Å². The maximum atomic E-state index is 13.7. The summed E-state index contributed by atoms with van der Waals surface area (Å²) in [6, 6.07) is -1.67. The minimum atomic E-state index is -4.17. The number of rotatable bonds is 4. The molecule has 6 nitrogen and oxygen atoms in total. The second-order valence-electron chi connectivity index (χ2n) is 4.28. The van der Waals surface area contributed by atoms with Crippen molar-refractivity contribution in [3.05, 3.63) is 29.8 Å². The molecule has 2 aliphatic rings. The first-order valence-electron chi connectivity index (χ1n) is 14.1. The van der Waals surface area contributed by atoms with Gasteiger partial charge in [0.1, 0.15) is 23.6 Å². The van der Waals surface area contributed by atoms with E-state index in [4.69, 9.17) is 26.7 Å². The number of amides is 1. The minimum Gasteiger partial charge on any atom is -0.497 e. The number of carbonyl (C=O) groups excluding carboxylic acids is 1. The summed E-state index contributed by atoms with van der Waals surface area (Å²) < 4.78 is 135. The number of aliphatic carboxylic acids is 1. The molecule has 0 saturated heterocycles. The van der Waals surface area contributed by atoms with Crippen molar-refractivity contribution in [2.75, 3.05) is 13.6 Å². The van der Waals surface area contributed by atoms with Gasteiger partial charge in [-0.1, -0.05) is 6.37 Å². The van der Waals surface area contributed by atoms with Gasteiger partial charge in [0.25, 0.3) is 7.34 Å². The molecule has 1 aliphatic heterocycles. The molecule has 0 atom stereocenters. The van der Waals surface area contributed by atoms with E-state index in [-0.39, 0.29) is 0 Å². The molecule has 0 aromatic heterocycles. The predicted molar refractivity (Wildman–Crippen MR) is 84.7 cm³/mol. The first-order valence-corrected chi connectivity index (χ1v) is 6.17. The quantitative estimate of drug-likeness (QED) is 0.915. The second kappa shape index (κ2) is 6.02. The fourth-order valence-electron chi connectivity index (χ4n) is 1.95. The summed E-state index contributed by atoms with van der Waals surface area (Å²) in [5.74, 6) is -4.64. The minimum absolute atomic E-state index is 0.460. The maximum absolute atomic E-state index is 13.7. The molecule has 3 rings (SSSR count). The molecule has 0 unspecified atom stereocenters. The highest BCUT2D eigenvalue weighted by atomic mass is 16.5. The van der Waals surface area contributed by atoms with Gasteiger partial charge in [-0.2, -0.15) is 0 Å². The molecule has 6 heteroatoms. The molecule has 1 saturated carbocycles. The molecule has 122 valence electrons. The number of nitrogens with zero attached hydrogens (tertiary/aromatic N) is 2. The Kier molecular flexibility index (Phi) is 1.40. The molecule has 1 N–H and O–H groups in total.